The summed E-state index contributed by atoms with van der Waals surface area (Å²) in [7, 11) is 1.31. The molecule has 3 rings (SSSR count). The minimum atomic E-state index is -1.08. The standard InChI is InChI=1S/C26H32O9/c1-10(2)19(29)18-22(32)13(21(31)15-9-16(28)26(5,6)35-25(15)18)8-14-23(33)17(12(4)27)20(30)11(3)24(14)34-7/h10,16,28,30-33H,8-9H2,1-7H3. The van der Waals surface area contributed by atoms with Gasteiger partial charge in [-0.15, -0.1) is 0 Å². The highest BCUT2D eigenvalue weighted by atomic mass is 16.5. The SMILES string of the molecule is COc1c(C)c(O)c(C(C)=O)c(O)c1Cc1c(O)c2c(c(C(=O)C(C)C)c1O)OC(C)(C)C(O)C2. The quantitative estimate of drug-likeness (QED) is 0.384. The Bertz CT molecular complexity index is 1220. The second kappa shape index (κ2) is 8.96. The summed E-state index contributed by atoms with van der Waals surface area (Å²) in [5.74, 6) is -3.46. The molecule has 1 atom stereocenters. The molecule has 1 aliphatic rings. The first-order chi connectivity index (χ1) is 16.1. The van der Waals surface area contributed by atoms with E-state index in [0.29, 0.717) is 0 Å². The molecule has 5 N–H and O–H groups in total. The van der Waals surface area contributed by atoms with Crippen LogP contribution in [0.2, 0.25) is 0 Å². The lowest BCUT2D eigenvalue weighted by atomic mass is 9.84. The van der Waals surface area contributed by atoms with Gasteiger partial charge in [-0.1, -0.05) is 13.8 Å². The Morgan fingerprint density at radius 1 is 1.03 bits per heavy atom. The zero-order chi connectivity index (χ0) is 26.6. The van der Waals surface area contributed by atoms with Gasteiger partial charge in [0, 0.05) is 41.0 Å². The van der Waals surface area contributed by atoms with Gasteiger partial charge in [0.15, 0.2) is 11.6 Å². The normalized spacial score (nSPS) is 16.5. The Morgan fingerprint density at radius 2 is 1.60 bits per heavy atom. The number of rotatable bonds is 6. The zero-order valence-electron chi connectivity index (χ0n) is 20.9. The minimum absolute atomic E-state index is 0.000230. The summed E-state index contributed by atoms with van der Waals surface area (Å²) in [5, 5.41) is 54.3. The molecular formula is C26H32O9. The molecule has 2 aromatic rings. The summed E-state index contributed by atoms with van der Waals surface area (Å²) < 4.78 is 11.3. The van der Waals surface area contributed by atoms with E-state index in [1.54, 1.807) is 27.7 Å². The lowest BCUT2D eigenvalue weighted by Crippen LogP contribution is -2.46. The van der Waals surface area contributed by atoms with Crippen LogP contribution >= 0.6 is 0 Å². The molecule has 1 unspecified atom stereocenters. The van der Waals surface area contributed by atoms with Gasteiger partial charge in [-0.3, -0.25) is 9.59 Å². The first-order valence-electron chi connectivity index (χ1n) is 11.3. The molecule has 1 aliphatic heterocycles. The highest BCUT2D eigenvalue weighted by Gasteiger charge is 2.42. The number of aliphatic hydroxyl groups is 1. The fraction of sp³-hybridized carbons (Fsp3) is 0.462. The van der Waals surface area contributed by atoms with Gasteiger partial charge < -0.3 is 35.0 Å². The predicted octanol–water partition coefficient (Wildman–Crippen LogP) is 3.53. The van der Waals surface area contributed by atoms with Crippen LogP contribution in [0.3, 0.4) is 0 Å². The number of hydrogen-bond acceptors (Lipinski definition) is 9. The van der Waals surface area contributed by atoms with Gasteiger partial charge in [-0.25, -0.2) is 0 Å². The monoisotopic (exact) mass is 488 g/mol. The lowest BCUT2D eigenvalue weighted by Gasteiger charge is -2.38. The Kier molecular flexibility index (Phi) is 6.69. The maximum Gasteiger partial charge on any atom is 0.172 e. The fourth-order valence-electron chi connectivity index (χ4n) is 4.41. The molecule has 9 heteroatoms. The van der Waals surface area contributed by atoms with E-state index in [-0.39, 0.29) is 57.7 Å². The van der Waals surface area contributed by atoms with Gasteiger partial charge in [0.2, 0.25) is 0 Å². The third-order valence-electron chi connectivity index (χ3n) is 6.57. The van der Waals surface area contributed by atoms with E-state index < -0.39 is 52.2 Å². The summed E-state index contributed by atoms with van der Waals surface area (Å²) in [5.41, 5.74) is -1.30. The Balaban J connectivity index is 2.37. The van der Waals surface area contributed by atoms with E-state index in [1.807, 2.05) is 0 Å². The fourth-order valence-corrected chi connectivity index (χ4v) is 4.41. The number of aliphatic hydroxyl groups excluding tert-OH is 1. The number of hydrogen-bond donors (Lipinski definition) is 5. The van der Waals surface area contributed by atoms with Crippen molar-refractivity contribution in [2.24, 2.45) is 5.92 Å². The van der Waals surface area contributed by atoms with Crippen molar-refractivity contribution in [1.29, 1.82) is 0 Å². The first kappa shape index (κ1) is 26.2. The van der Waals surface area contributed by atoms with Crippen molar-refractivity contribution in [2.75, 3.05) is 7.11 Å². The number of phenolic OH excluding ortho intramolecular Hbond substituents is 4. The summed E-state index contributed by atoms with van der Waals surface area (Å²) >= 11 is 0. The third-order valence-corrected chi connectivity index (χ3v) is 6.57. The summed E-state index contributed by atoms with van der Waals surface area (Å²) in [4.78, 5) is 25.3. The number of ether oxygens (including phenoxy) is 2. The molecule has 0 fully saturated rings. The van der Waals surface area contributed by atoms with Crippen molar-refractivity contribution in [3.8, 4) is 34.5 Å². The zero-order valence-corrected chi connectivity index (χ0v) is 20.9. The van der Waals surface area contributed by atoms with Gasteiger partial charge in [0.25, 0.3) is 0 Å². The number of benzene rings is 2. The van der Waals surface area contributed by atoms with Crippen LogP contribution in [0.15, 0.2) is 0 Å². The van der Waals surface area contributed by atoms with Gasteiger partial charge in [-0.05, 0) is 27.7 Å². The third kappa shape index (κ3) is 4.14. The molecule has 0 saturated heterocycles. The van der Waals surface area contributed by atoms with Crippen LogP contribution in [0, 0.1) is 12.8 Å². The number of ketones is 2. The van der Waals surface area contributed by atoms with Crippen LogP contribution in [0.5, 0.6) is 34.5 Å². The Labute approximate surface area is 203 Å². The number of methoxy groups -OCH3 is 1. The van der Waals surface area contributed by atoms with E-state index in [1.165, 1.54) is 21.0 Å². The average molecular weight is 489 g/mol. The van der Waals surface area contributed by atoms with Gasteiger partial charge in [-0.2, -0.15) is 0 Å². The van der Waals surface area contributed by atoms with Crippen molar-refractivity contribution in [1.82, 2.24) is 0 Å². The van der Waals surface area contributed by atoms with Gasteiger partial charge in [0.05, 0.1) is 13.2 Å². The molecule has 0 aromatic heterocycles. The topological polar surface area (TPSA) is 154 Å². The highest BCUT2D eigenvalue weighted by molar-refractivity contribution is 6.04. The minimum Gasteiger partial charge on any atom is -0.507 e. The van der Waals surface area contributed by atoms with E-state index in [0.717, 1.165) is 0 Å². The summed E-state index contributed by atoms with van der Waals surface area (Å²) in [6, 6.07) is 0. The van der Waals surface area contributed by atoms with Crippen molar-refractivity contribution in [3.05, 3.63) is 33.4 Å². The molecule has 0 bridgehead atoms. The van der Waals surface area contributed by atoms with Crippen LogP contribution in [0.4, 0.5) is 0 Å². The number of Topliss-reactive ketones (excluding diaryl/α,β-unsaturated/α-hetero) is 2. The molecule has 0 amide bonds. The Hall–Kier alpha value is -3.46. The lowest BCUT2D eigenvalue weighted by molar-refractivity contribution is -0.0423. The maximum atomic E-state index is 13.1. The van der Waals surface area contributed by atoms with Crippen LogP contribution < -0.4 is 9.47 Å². The number of carbonyl (C=O) groups excluding carboxylic acids is 2. The molecule has 2 aromatic carbocycles. The molecule has 1 heterocycles. The number of phenols is 4. The highest BCUT2D eigenvalue weighted by Crippen LogP contribution is 2.51. The number of fused-ring (bicyclic) bond motifs is 1. The maximum absolute atomic E-state index is 13.1. The first-order valence-corrected chi connectivity index (χ1v) is 11.3. The van der Waals surface area contributed by atoms with Crippen LogP contribution in [0.1, 0.15) is 77.6 Å². The summed E-state index contributed by atoms with van der Waals surface area (Å²) in [6.45, 7) is 9.26. The predicted molar refractivity (Wildman–Crippen MR) is 127 cm³/mol. The molecule has 0 saturated carbocycles. The van der Waals surface area contributed by atoms with Gasteiger partial charge in [0.1, 0.15) is 51.2 Å². The van der Waals surface area contributed by atoms with Crippen molar-refractivity contribution < 1.29 is 44.6 Å². The molecule has 9 nitrogen and oxygen atoms in total. The molecule has 0 aliphatic carbocycles. The molecule has 35 heavy (non-hydrogen) atoms. The van der Waals surface area contributed by atoms with Crippen molar-refractivity contribution >= 4 is 11.6 Å². The van der Waals surface area contributed by atoms with E-state index >= 15 is 0 Å². The smallest absolute Gasteiger partial charge is 0.172 e. The number of carbonyl (C=O) groups is 2. The van der Waals surface area contributed by atoms with Crippen LogP contribution in [-0.4, -0.2) is 55.9 Å². The molecule has 0 spiro atoms. The average Bonchev–Trinajstić information content (AvgIpc) is 2.75. The largest absolute Gasteiger partial charge is 0.507 e. The Morgan fingerprint density at radius 3 is 2.11 bits per heavy atom. The molecule has 0 radical (unpaired) electrons. The number of aromatic hydroxyl groups is 4. The second-order valence-electron chi connectivity index (χ2n) is 9.74. The van der Waals surface area contributed by atoms with Crippen molar-refractivity contribution in [3.63, 3.8) is 0 Å². The molecular weight excluding hydrogens is 456 g/mol. The summed E-state index contributed by atoms with van der Waals surface area (Å²) in [6.07, 6.45) is -1.40. The van der Waals surface area contributed by atoms with E-state index in [4.69, 9.17) is 9.47 Å². The van der Waals surface area contributed by atoms with Gasteiger partial charge >= 0.3 is 0 Å². The second-order valence-corrected chi connectivity index (χ2v) is 9.74. The van der Waals surface area contributed by atoms with Crippen LogP contribution in [0.25, 0.3) is 0 Å². The van der Waals surface area contributed by atoms with Crippen molar-refractivity contribution in [2.45, 2.75) is 66.1 Å². The van der Waals surface area contributed by atoms with E-state index in [9.17, 15) is 35.1 Å². The molecule has 190 valence electrons. The van der Waals surface area contributed by atoms with E-state index in [2.05, 4.69) is 0 Å². The van der Waals surface area contributed by atoms with Crippen LogP contribution in [-0.2, 0) is 12.8 Å².